The monoisotopic (exact) mass is 236 g/mol. The molecular formula is C12H20N4O. The number of hydrogen-bond acceptors (Lipinski definition) is 4. The number of ether oxygens (including phenoxy) is 1. The minimum atomic E-state index is 0.425. The summed E-state index contributed by atoms with van der Waals surface area (Å²) >= 11 is 0. The van der Waals surface area contributed by atoms with E-state index in [2.05, 4.69) is 22.7 Å². The lowest BCUT2D eigenvalue weighted by Gasteiger charge is -2.15. The maximum Gasteiger partial charge on any atom is 0.148 e. The van der Waals surface area contributed by atoms with Gasteiger partial charge in [-0.05, 0) is 6.42 Å². The summed E-state index contributed by atoms with van der Waals surface area (Å²) in [7, 11) is 2.00. The summed E-state index contributed by atoms with van der Waals surface area (Å²) in [5.41, 5.74) is 2.38. The van der Waals surface area contributed by atoms with Gasteiger partial charge >= 0.3 is 0 Å². The summed E-state index contributed by atoms with van der Waals surface area (Å²) in [5.74, 6) is 1.68. The number of rotatable bonds is 2. The van der Waals surface area contributed by atoms with E-state index in [1.165, 1.54) is 11.4 Å². The average molecular weight is 236 g/mol. The fraction of sp³-hybridized carbons (Fsp3) is 0.750. The van der Waals surface area contributed by atoms with E-state index in [-0.39, 0.29) is 0 Å². The van der Waals surface area contributed by atoms with Gasteiger partial charge in [0.15, 0.2) is 0 Å². The van der Waals surface area contributed by atoms with Gasteiger partial charge in [-0.25, -0.2) is 0 Å². The first kappa shape index (κ1) is 10.9. The molecule has 0 aliphatic carbocycles. The lowest BCUT2D eigenvalue weighted by atomic mass is 10.1. The van der Waals surface area contributed by atoms with Crippen LogP contribution in [0.5, 0.6) is 0 Å². The van der Waals surface area contributed by atoms with Gasteiger partial charge < -0.3 is 15.4 Å². The van der Waals surface area contributed by atoms with Gasteiger partial charge in [0, 0.05) is 19.5 Å². The molecule has 0 saturated carbocycles. The predicted molar refractivity (Wildman–Crippen MR) is 67.4 cm³/mol. The zero-order valence-corrected chi connectivity index (χ0v) is 10.5. The van der Waals surface area contributed by atoms with E-state index in [0.717, 1.165) is 38.4 Å². The molecule has 1 fully saturated rings. The second-order valence-electron chi connectivity index (χ2n) is 4.97. The van der Waals surface area contributed by atoms with Gasteiger partial charge in [0.2, 0.25) is 0 Å². The molecule has 1 aromatic rings. The highest BCUT2D eigenvalue weighted by Crippen LogP contribution is 2.32. The van der Waals surface area contributed by atoms with Crippen LogP contribution < -0.4 is 10.6 Å². The van der Waals surface area contributed by atoms with Crippen LogP contribution >= 0.6 is 0 Å². The van der Waals surface area contributed by atoms with Gasteiger partial charge in [-0.3, -0.25) is 4.68 Å². The molecule has 5 nitrogen and oxygen atoms in total. The van der Waals surface area contributed by atoms with Crippen LogP contribution in [-0.4, -0.2) is 35.6 Å². The Morgan fingerprint density at radius 2 is 2.35 bits per heavy atom. The maximum absolute atomic E-state index is 5.52. The summed E-state index contributed by atoms with van der Waals surface area (Å²) in [4.78, 5) is 0. The number of fused-ring (bicyclic) bond motifs is 2. The van der Waals surface area contributed by atoms with Crippen molar-refractivity contribution in [3.05, 3.63) is 5.69 Å². The Morgan fingerprint density at radius 1 is 1.47 bits per heavy atom. The summed E-state index contributed by atoms with van der Waals surface area (Å²) in [5, 5.41) is 11.7. The van der Waals surface area contributed by atoms with Crippen molar-refractivity contribution >= 4 is 11.5 Å². The topological polar surface area (TPSA) is 51.1 Å². The van der Waals surface area contributed by atoms with Crippen LogP contribution in [-0.2, 0) is 18.2 Å². The van der Waals surface area contributed by atoms with E-state index in [4.69, 9.17) is 4.74 Å². The highest BCUT2D eigenvalue weighted by molar-refractivity contribution is 5.69. The molecule has 5 heteroatoms. The van der Waals surface area contributed by atoms with Crippen LogP contribution in [0.3, 0.4) is 0 Å². The Kier molecular flexibility index (Phi) is 2.70. The second-order valence-corrected chi connectivity index (χ2v) is 4.97. The van der Waals surface area contributed by atoms with E-state index >= 15 is 0 Å². The molecule has 17 heavy (non-hydrogen) atoms. The third kappa shape index (κ3) is 1.78. The van der Waals surface area contributed by atoms with E-state index in [1.54, 1.807) is 0 Å². The van der Waals surface area contributed by atoms with Gasteiger partial charge in [0.25, 0.3) is 0 Å². The number of aryl methyl sites for hydroxylation is 2. The average Bonchev–Trinajstić information content (AvgIpc) is 2.80. The second kappa shape index (κ2) is 4.22. The van der Waals surface area contributed by atoms with Crippen molar-refractivity contribution < 1.29 is 4.74 Å². The Bertz CT molecular complexity index is 415. The summed E-state index contributed by atoms with van der Waals surface area (Å²) in [6.45, 7) is 4.83. The van der Waals surface area contributed by atoms with E-state index < -0.39 is 0 Å². The Morgan fingerprint density at radius 3 is 3.18 bits per heavy atom. The lowest BCUT2D eigenvalue weighted by molar-refractivity contribution is 0.186. The minimum absolute atomic E-state index is 0.425. The van der Waals surface area contributed by atoms with Crippen LogP contribution in [0.25, 0.3) is 0 Å². The molecule has 94 valence electrons. The molecule has 0 radical (unpaired) electrons. The SMILES string of the molecule is CCCc1nn(C)c2c1NCC1COCC1N2. The molecule has 0 spiro atoms. The van der Waals surface area contributed by atoms with E-state index in [0.29, 0.717) is 12.0 Å². The lowest BCUT2D eigenvalue weighted by Crippen LogP contribution is -2.30. The number of aromatic nitrogens is 2. The molecule has 3 heterocycles. The van der Waals surface area contributed by atoms with E-state index in [1.807, 2.05) is 11.7 Å². The zero-order valence-electron chi connectivity index (χ0n) is 10.5. The van der Waals surface area contributed by atoms with Crippen molar-refractivity contribution in [1.82, 2.24) is 9.78 Å². The first-order valence-electron chi connectivity index (χ1n) is 6.43. The van der Waals surface area contributed by atoms with Crippen molar-refractivity contribution in [3.63, 3.8) is 0 Å². The molecule has 0 aromatic carbocycles. The number of nitrogens with one attached hydrogen (secondary N) is 2. The molecular weight excluding hydrogens is 216 g/mol. The fourth-order valence-electron chi connectivity index (χ4n) is 2.71. The molecule has 0 amide bonds. The van der Waals surface area contributed by atoms with Crippen LogP contribution in [0.15, 0.2) is 0 Å². The Hall–Kier alpha value is -1.23. The minimum Gasteiger partial charge on any atom is -0.380 e. The zero-order chi connectivity index (χ0) is 11.8. The van der Waals surface area contributed by atoms with Gasteiger partial charge in [0.1, 0.15) is 11.5 Å². The van der Waals surface area contributed by atoms with Crippen LogP contribution in [0.4, 0.5) is 11.5 Å². The highest BCUT2D eigenvalue weighted by atomic mass is 16.5. The molecule has 2 unspecified atom stereocenters. The van der Waals surface area contributed by atoms with E-state index in [9.17, 15) is 0 Å². The highest BCUT2D eigenvalue weighted by Gasteiger charge is 2.33. The standard InChI is InChI=1S/C12H20N4O/c1-3-4-9-11-12(16(2)15-9)14-10-7-17-6-8(10)5-13-11/h8,10,13-14H,3-7H2,1-2H3. The molecule has 2 aliphatic heterocycles. The third-order valence-corrected chi connectivity index (χ3v) is 3.67. The number of anilines is 2. The van der Waals surface area contributed by atoms with Crippen molar-refractivity contribution in [2.75, 3.05) is 30.4 Å². The van der Waals surface area contributed by atoms with Crippen molar-refractivity contribution in [2.45, 2.75) is 25.8 Å². The largest absolute Gasteiger partial charge is 0.380 e. The van der Waals surface area contributed by atoms with Crippen LogP contribution in [0.2, 0.25) is 0 Å². The molecule has 1 saturated heterocycles. The Labute approximate surface area is 102 Å². The molecule has 1 aromatic heterocycles. The van der Waals surface area contributed by atoms with Crippen molar-refractivity contribution in [2.24, 2.45) is 13.0 Å². The van der Waals surface area contributed by atoms with Gasteiger partial charge in [0.05, 0.1) is 24.9 Å². The normalized spacial score (nSPS) is 26.7. The smallest absolute Gasteiger partial charge is 0.148 e. The van der Waals surface area contributed by atoms with Crippen LogP contribution in [0, 0.1) is 5.92 Å². The van der Waals surface area contributed by atoms with Crippen LogP contribution in [0.1, 0.15) is 19.0 Å². The molecule has 2 N–H and O–H groups in total. The number of nitrogens with zero attached hydrogens (tertiary/aromatic N) is 2. The molecule has 0 bridgehead atoms. The summed E-state index contributed by atoms with van der Waals surface area (Å²) in [6, 6.07) is 0.425. The first-order chi connectivity index (χ1) is 8.29. The van der Waals surface area contributed by atoms with Crippen molar-refractivity contribution in [3.8, 4) is 0 Å². The Balaban J connectivity index is 1.92. The maximum atomic E-state index is 5.52. The first-order valence-corrected chi connectivity index (χ1v) is 6.43. The number of hydrogen-bond donors (Lipinski definition) is 2. The molecule has 3 rings (SSSR count). The van der Waals surface area contributed by atoms with Gasteiger partial charge in [-0.15, -0.1) is 0 Å². The van der Waals surface area contributed by atoms with Gasteiger partial charge in [-0.2, -0.15) is 5.10 Å². The molecule has 2 aliphatic rings. The quantitative estimate of drug-likeness (QED) is 0.811. The van der Waals surface area contributed by atoms with Gasteiger partial charge in [-0.1, -0.05) is 13.3 Å². The molecule has 2 atom stereocenters. The summed E-state index contributed by atoms with van der Waals surface area (Å²) in [6.07, 6.45) is 2.16. The third-order valence-electron chi connectivity index (χ3n) is 3.67. The predicted octanol–water partition coefficient (Wildman–Crippen LogP) is 1.22. The summed E-state index contributed by atoms with van der Waals surface area (Å²) < 4.78 is 7.48. The van der Waals surface area contributed by atoms with Crippen molar-refractivity contribution in [1.29, 1.82) is 0 Å². The fourth-order valence-corrected chi connectivity index (χ4v) is 2.71.